The molecule has 0 radical (unpaired) electrons. The fourth-order valence-corrected chi connectivity index (χ4v) is 4.01. The molecule has 6 nitrogen and oxygen atoms in total. The molecule has 1 saturated heterocycles. The van der Waals surface area contributed by atoms with Gasteiger partial charge in [-0.3, -0.25) is 4.98 Å². The molecule has 4 rings (SSSR count). The van der Waals surface area contributed by atoms with Gasteiger partial charge in [0.15, 0.2) is 5.82 Å². The monoisotopic (exact) mass is 313 g/mol. The van der Waals surface area contributed by atoms with Crippen LogP contribution in [0.5, 0.6) is 0 Å². The third-order valence-corrected chi connectivity index (χ3v) is 5.25. The zero-order chi connectivity index (χ0) is 15.5. The van der Waals surface area contributed by atoms with Gasteiger partial charge in [0.25, 0.3) is 0 Å². The minimum absolute atomic E-state index is 0.235. The largest absolute Gasteiger partial charge is 0.376 e. The average molecular weight is 313 g/mol. The van der Waals surface area contributed by atoms with Crippen LogP contribution < -0.4 is 0 Å². The van der Waals surface area contributed by atoms with Gasteiger partial charge in [0.1, 0.15) is 0 Å². The molecule has 1 unspecified atom stereocenters. The minimum atomic E-state index is 0.235. The van der Waals surface area contributed by atoms with Crippen LogP contribution in [-0.2, 0) is 17.7 Å². The van der Waals surface area contributed by atoms with E-state index in [4.69, 9.17) is 4.74 Å². The standard InChI is InChI=1S/C17H23N5O/c1-3-7-17(8-4-1)11-15(23-13-17)12-22-16(19-20-21-22)10-14-6-2-5-9-18-14/h2,5-6,9,15H,1,3-4,7-8,10-13H2. The quantitative estimate of drug-likeness (QED) is 0.867. The molecule has 0 aromatic carbocycles. The highest BCUT2D eigenvalue weighted by Gasteiger charge is 2.41. The summed E-state index contributed by atoms with van der Waals surface area (Å²) >= 11 is 0. The van der Waals surface area contributed by atoms with Gasteiger partial charge in [-0.2, -0.15) is 0 Å². The number of hydrogen-bond donors (Lipinski definition) is 0. The van der Waals surface area contributed by atoms with Gasteiger partial charge in [0.2, 0.25) is 0 Å². The molecule has 1 aliphatic carbocycles. The van der Waals surface area contributed by atoms with Gasteiger partial charge < -0.3 is 4.74 Å². The molecule has 3 heterocycles. The van der Waals surface area contributed by atoms with Gasteiger partial charge in [0, 0.05) is 11.9 Å². The SMILES string of the molecule is c1ccc(Cc2nnnn2CC2CC3(CCCCC3)CO2)nc1. The molecule has 0 N–H and O–H groups in total. The Morgan fingerprint density at radius 2 is 2.13 bits per heavy atom. The van der Waals surface area contributed by atoms with Crippen molar-refractivity contribution >= 4 is 0 Å². The second kappa shape index (κ2) is 6.35. The van der Waals surface area contributed by atoms with Crippen molar-refractivity contribution in [2.75, 3.05) is 6.61 Å². The lowest BCUT2D eigenvalue weighted by atomic mass is 9.73. The molecular formula is C17H23N5O. The van der Waals surface area contributed by atoms with E-state index in [0.717, 1.165) is 31.1 Å². The van der Waals surface area contributed by atoms with E-state index in [1.807, 2.05) is 22.9 Å². The van der Waals surface area contributed by atoms with Crippen LogP contribution in [0.15, 0.2) is 24.4 Å². The van der Waals surface area contributed by atoms with Crippen molar-refractivity contribution in [3.05, 3.63) is 35.9 Å². The van der Waals surface area contributed by atoms with Crippen LogP contribution in [0.3, 0.4) is 0 Å². The summed E-state index contributed by atoms with van der Waals surface area (Å²) in [6, 6.07) is 5.91. The Kier molecular flexibility index (Phi) is 4.08. The Morgan fingerprint density at radius 1 is 1.22 bits per heavy atom. The normalized spacial score (nSPS) is 23.4. The summed E-state index contributed by atoms with van der Waals surface area (Å²) in [7, 11) is 0. The lowest BCUT2D eigenvalue weighted by Gasteiger charge is -2.31. The molecular weight excluding hydrogens is 290 g/mol. The molecule has 6 heteroatoms. The van der Waals surface area contributed by atoms with E-state index in [-0.39, 0.29) is 6.10 Å². The molecule has 2 fully saturated rings. The van der Waals surface area contributed by atoms with Crippen LogP contribution in [0.2, 0.25) is 0 Å². The topological polar surface area (TPSA) is 65.7 Å². The number of rotatable bonds is 4. The predicted molar refractivity (Wildman–Crippen MR) is 84.7 cm³/mol. The van der Waals surface area contributed by atoms with Crippen molar-refractivity contribution in [3.8, 4) is 0 Å². The van der Waals surface area contributed by atoms with Crippen LogP contribution >= 0.6 is 0 Å². The number of pyridine rings is 1. The number of ether oxygens (including phenoxy) is 1. The Balaban J connectivity index is 1.41. The van der Waals surface area contributed by atoms with E-state index in [0.29, 0.717) is 11.8 Å². The predicted octanol–water partition coefficient (Wildman–Crippen LogP) is 2.40. The first kappa shape index (κ1) is 14.8. The summed E-state index contributed by atoms with van der Waals surface area (Å²) in [5.74, 6) is 0.858. The van der Waals surface area contributed by atoms with E-state index >= 15 is 0 Å². The zero-order valence-corrected chi connectivity index (χ0v) is 13.4. The molecule has 0 amide bonds. The number of hydrogen-bond acceptors (Lipinski definition) is 5. The van der Waals surface area contributed by atoms with Crippen molar-refractivity contribution in [3.63, 3.8) is 0 Å². The van der Waals surface area contributed by atoms with Crippen LogP contribution in [0, 0.1) is 5.41 Å². The van der Waals surface area contributed by atoms with Gasteiger partial charge in [-0.15, -0.1) is 5.10 Å². The van der Waals surface area contributed by atoms with E-state index in [2.05, 4.69) is 20.5 Å². The van der Waals surface area contributed by atoms with Crippen molar-refractivity contribution in [2.45, 2.75) is 57.6 Å². The molecule has 2 aliphatic rings. The molecule has 2 aromatic rings. The Labute approximate surface area is 136 Å². The summed E-state index contributed by atoms with van der Waals surface area (Å²) in [5, 5.41) is 12.2. The van der Waals surface area contributed by atoms with E-state index < -0.39 is 0 Å². The number of tetrazole rings is 1. The average Bonchev–Trinajstić information content (AvgIpc) is 3.17. The fourth-order valence-electron chi connectivity index (χ4n) is 4.01. The first-order valence-corrected chi connectivity index (χ1v) is 8.60. The lowest BCUT2D eigenvalue weighted by Crippen LogP contribution is -2.25. The summed E-state index contributed by atoms with van der Waals surface area (Å²) in [6.07, 6.45) is 10.6. The first-order chi connectivity index (χ1) is 11.3. The molecule has 1 saturated carbocycles. The Bertz CT molecular complexity index is 635. The Morgan fingerprint density at radius 3 is 2.96 bits per heavy atom. The van der Waals surface area contributed by atoms with Gasteiger partial charge >= 0.3 is 0 Å². The lowest BCUT2D eigenvalue weighted by molar-refractivity contribution is 0.0731. The number of nitrogens with zero attached hydrogens (tertiary/aromatic N) is 5. The van der Waals surface area contributed by atoms with Gasteiger partial charge in [-0.1, -0.05) is 25.3 Å². The van der Waals surface area contributed by atoms with Crippen molar-refractivity contribution in [1.29, 1.82) is 0 Å². The highest BCUT2D eigenvalue weighted by molar-refractivity contribution is 5.09. The smallest absolute Gasteiger partial charge is 0.157 e. The molecule has 0 bridgehead atoms. The van der Waals surface area contributed by atoms with Crippen LogP contribution in [0.4, 0.5) is 0 Å². The highest BCUT2D eigenvalue weighted by Crippen LogP contribution is 2.45. The van der Waals surface area contributed by atoms with E-state index in [1.165, 1.54) is 32.1 Å². The third-order valence-electron chi connectivity index (χ3n) is 5.25. The van der Waals surface area contributed by atoms with Crippen LogP contribution in [0.1, 0.15) is 50.0 Å². The second-order valence-electron chi connectivity index (χ2n) is 6.97. The molecule has 1 aliphatic heterocycles. The summed E-state index contributed by atoms with van der Waals surface area (Å²) in [6.45, 7) is 1.66. The van der Waals surface area contributed by atoms with Crippen molar-refractivity contribution in [2.24, 2.45) is 5.41 Å². The summed E-state index contributed by atoms with van der Waals surface area (Å²) < 4.78 is 7.98. The molecule has 122 valence electrons. The molecule has 1 spiro atoms. The maximum Gasteiger partial charge on any atom is 0.157 e. The van der Waals surface area contributed by atoms with Crippen molar-refractivity contribution < 1.29 is 4.74 Å². The third kappa shape index (κ3) is 3.27. The van der Waals surface area contributed by atoms with E-state index in [9.17, 15) is 0 Å². The first-order valence-electron chi connectivity index (χ1n) is 8.60. The van der Waals surface area contributed by atoms with Crippen molar-refractivity contribution in [1.82, 2.24) is 25.2 Å². The fraction of sp³-hybridized carbons (Fsp3) is 0.647. The molecule has 1 atom stereocenters. The second-order valence-corrected chi connectivity index (χ2v) is 6.97. The van der Waals surface area contributed by atoms with Gasteiger partial charge in [-0.05, 0) is 47.2 Å². The van der Waals surface area contributed by atoms with Crippen LogP contribution in [0.25, 0.3) is 0 Å². The summed E-state index contributed by atoms with van der Waals surface area (Å²) in [5.41, 5.74) is 1.41. The van der Waals surface area contributed by atoms with E-state index in [1.54, 1.807) is 6.20 Å². The van der Waals surface area contributed by atoms with Gasteiger partial charge in [-0.25, -0.2) is 4.68 Å². The summed E-state index contributed by atoms with van der Waals surface area (Å²) in [4.78, 5) is 4.35. The Hall–Kier alpha value is -1.82. The molecule has 2 aromatic heterocycles. The maximum atomic E-state index is 6.09. The molecule has 23 heavy (non-hydrogen) atoms. The number of aromatic nitrogens is 5. The van der Waals surface area contributed by atoms with Gasteiger partial charge in [0.05, 0.1) is 25.7 Å². The van der Waals surface area contributed by atoms with Crippen LogP contribution in [-0.4, -0.2) is 37.9 Å². The zero-order valence-electron chi connectivity index (χ0n) is 13.4. The maximum absolute atomic E-state index is 6.09. The highest BCUT2D eigenvalue weighted by atomic mass is 16.5. The minimum Gasteiger partial charge on any atom is -0.376 e.